The first kappa shape index (κ1) is 14.8. The van der Waals surface area contributed by atoms with Gasteiger partial charge in [-0.1, -0.05) is 31.9 Å². The van der Waals surface area contributed by atoms with Crippen LogP contribution in [0.4, 0.5) is 4.39 Å². The van der Waals surface area contributed by atoms with Crippen LogP contribution in [0.25, 0.3) is 0 Å². The second-order valence-corrected chi connectivity index (χ2v) is 5.15. The molecule has 0 amide bonds. The van der Waals surface area contributed by atoms with Gasteiger partial charge in [-0.05, 0) is 43.2 Å². The van der Waals surface area contributed by atoms with Crippen molar-refractivity contribution >= 4 is 0 Å². The van der Waals surface area contributed by atoms with Crippen molar-refractivity contribution in [2.24, 2.45) is 0 Å². The molecule has 0 bridgehead atoms. The Balaban J connectivity index is 2.08. The van der Waals surface area contributed by atoms with Crippen molar-refractivity contribution in [2.75, 3.05) is 0 Å². The summed E-state index contributed by atoms with van der Waals surface area (Å²) in [5.41, 5.74) is 1.12. The van der Waals surface area contributed by atoms with Crippen LogP contribution in [0.2, 0.25) is 0 Å². The van der Waals surface area contributed by atoms with Gasteiger partial charge in [0.1, 0.15) is 11.6 Å². The zero-order valence-electron chi connectivity index (χ0n) is 12.1. The average molecular weight is 275 g/mol. The molecule has 2 aromatic rings. The van der Waals surface area contributed by atoms with Crippen molar-refractivity contribution in [3.8, 4) is 0 Å². The maximum Gasteiger partial charge on any atom is 0.123 e. The Morgan fingerprint density at radius 1 is 1.20 bits per heavy atom. The fourth-order valence-corrected chi connectivity index (χ4v) is 2.37. The van der Waals surface area contributed by atoms with Gasteiger partial charge in [0, 0.05) is 6.04 Å². The van der Waals surface area contributed by atoms with Crippen LogP contribution in [0.15, 0.2) is 47.1 Å². The number of benzene rings is 1. The second kappa shape index (κ2) is 7.25. The first-order valence-electron chi connectivity index (χ1n) is 7.25. The van der Waals surface area contributed by atoms with Gasteiger partial charge in [-0.2, -0.15) is 0 Å². The molecule has 1 heterocycles. The molecule has 1 unspecified atom stereocenters. The van der Waals surface area contributed by atoms with E-state index in [1.807, 2.05) is 24.3 Å². The highest BCUT2D eigenvalue weighted by Gasteiger charge is 2.16. The van der Waals surface area contributed by atoms with Gasteiger partial charge < -0.3 is 9.73 Å². The van der Waals surface area contributed by atoms with Crippen LogP contribution in [-0.4, -0.2) is 0 Å². The van der Waals surface area contributed by atoms with E-state index in [9.17, 15) is 4.39 Å². The molecular formula is C17H22FNO. The van der Waals surface area contributed by atoms with E-state index in [1.165, 1.54) is 12.1 Å². The van der Waals surface area contributed by atoms with Gasteiger partial charge in [0.2, 0.25) is 0 Å². The molecule has 1 N–H and O–H groups in total. The normalized spacial score (nSPS) is 14.2. The molecule has 1 aromatic heterocycles. The van der Waals surface area contributed by atoms with E-state index in [0.717, 1.165) is 30.6 Å². The van der Waals surface area contributed by atoms with Crippen molar-refractivity contribution < 1.29 is 8.81 Å². The van der Waals surface area contributed by atoms with E-state index in [-0.39, 0.29) is 17.9 Å². The van der Waals surface area contributed by atoms with Crippen LogP contribution in [-0.2, 0) is 0 Å². The van der Waals surface area contributed by atoms with Crippen molar-refractivity contribution in [1.82, 2.24) is 5.32 Å². The van der Waals surface area contributed by atoms with E-state index < -0.39 is 0 Å². The zero-order valence-corrected chi connectivity index (χ0v) is 12.1. The summed E-state index contributed by atoms with van der Waals surface area (Å²) in [5.74, 6) is 0.732. The van der Waals surface area contributed by atoms with E-state index in [0.29, 0.717) is 0 Å². The molecule has 3 heteroatoms. The predicted octanol–water partition coefficient (Wildman–Crippen LogP) is 5.00. The summed E-state index contributed by atoms with van der Waals surface area (Å²) in [6.07, 6.45) is 5.01. The van der Waals surface area contributed by atoms with Gasteiger partial charge in [-0.25, -0.2) is 4.39 Å². The van der Waals surface area contributed by atoms with Crippen molar-refractivity contribution in [3.05, 3.63) is 59.8 Å². The maximum absolute atomic E-state index is 13.1. The first-order valence-corrected chi connectivity index (χ1v) is 7.25. The van der Waals surface area contributed by atoms with Gasteiger partial charge >= 0.3 is 0 Å². The SMILES string of the molecule is CCCCC(N[C@H](C)c1ccco1)c1ccc(F)cc1. The summed E-state index contributed by atoms with van der Waals surface area (Å²) in [6, 6.07) is 11.0. The van der Waals surface area contributed by atoms with Gasteiger partial charge in [0.15, 0.2) is 0 Å². The Morgan fingerprint density at radius 2 is 1.95 bits per heavy atom. The second-order valence-electron chi connectivity index (χ2n) is 5.15. The Bertz CT molecular complexity index is 492. The Hall–Kier alpha value is -1.61. The summed E-state index contributed by atoms with van der Waals surface area (Å²) in [6.45, 7) is 4.26. The smallest absolute Gasteiger partial charge is 0.123 e. The molecule has 0 aliphatic heterocycles. The Morgan fingerprint density at radius 3 is 2.55 bits per heavy atom. The number of hydrogen-bond donors (Lipinski definition) is 1. The number of hydrogen-bond acceptors (Lipinski definition) is 2. The predicted molar refractivity (Wildman–Crippen MR) is 78.9 cm³/mol. The van der Waals surface area contributed by atoms with Crippen LogP contribution < -0.4 is 5.32 Å². The van der Waals surface area contributed by atoms with Gasteiger partial charge in [-0.3, -0.25) is 0 Å². The summed E-state index contributed by atoms with van der Waals surface area (Å²) in [7, 11) is 0. The molecular weight excluding hydrogens is 253 g/mol. The lowest BCUT2D eigenvalue weighted by atomic mass is 10.00. The standard InChI is InChI=1S/C17H22FNO/c1-3-4-6-16(14-8-10-15(18)11-9-14)19-13(2)17-7-5-12-20-17/h5,7-13,16,19H,3-4,6H2,1-2H3/t13-,16?/m1/s1. The lowest BCUT2D eigenvalue weighted by molar-refractivity contribution is 0.376. The molecule has 108 valence electrons. The highest BCUT2D eigenvalue weighted by Crippen LogP contribution is 2.24. The molecule has 2 atom stereocenters. The fourth-order valence-electron chi connectivity index (χ4n) is 2.37. The quantitative estimate of drug-likeness (QED) is 0.769. The summed E-state index contributed by atoms with van der Waals surface area (Å²) >= 11 is 0. The molecule has 0 radical (unpaired) electrons. The third kappa shape index (κ3) is 3.94. The Labute approximate surface area is 120 Å². The molecule has 0 aliphatic rings. The number of halogens is 1. The highest BCUT2D eigenvalue weighted by molar-refractivity contribution is 5.20. The third-order valence-electron chi connectivity index (χ3n) is 3.54. The number of furan rings is 1. The van der Waals surface area contributed by atoms with E-state index in [2.05, 4.69) is 19.2 Å². The van der Waals surface area contributed by atoms with Gasteiger partial charge in [0.05, 0.1) is 12.3 Å². The van der Waals surface area contributed by atoms with Crippen LogP contribution in [0.1, 0.15) is 56.5 Å². The molecule has 2 rings (SSSR count). The van der Waals surface area contributed by atoms with Crippen LogP contribution in [0, 0.1) is 5.82 Å². The molecule has 0 spiro atoms. The van der Waals surface area contributed by atoms with Crippen molar-refractivity contribution in [2.45, 2.75) is 45.2 Å². The lowest BCUT2D eigenvalue weighted by Gasteiger charge is -2.23. The van der Waals surface area contributed by atoms with Gasteiger partial charge in [0.25, 0.3) is 0 Å². The zero-order chi connectivity index (χ0) is 14.4. The molecule has 0 saturated carbocycles. The number of unbranched alkanes of at least 4 members (excludes halogenated alkanes) is 1. The minimum absolute atomic E-state index is 0.136. The monoisotopic (exact) mass is 275 g/mol. The van der Waals surface area contributed by atoms with Crippen LogP contribution >= 0.6 is 0 Å². The van der Waals surface area contributed by atoms with E-state index in [1.54, 1.807) is 6.26 Å². The maximum atomic E-state index is 13.1. The van der Waals surface area contributed by atoms with E-state index >= 15 is 0 Å². The molecule has 2 nitrogen and oxygen atoms in total. The summed E-state index contributed by atoms with van der Waals surface area (Å²) in [5, 5.41) is 3.57. The minimum atomic E-state index is -0.193. The highest BCUT2D eigenvalue weighted by atomic mass is 19.1. The van der Waals surface area contributed by atoms with E-state index in [4.69, 9.17) is 4.42 Å². The van der Waals surface area contributed by atoms with Crippen molar-refractivity contribution in [3.63, 3.8) is 0 Å². The number of nitrogens with one attached hydrogen (secondary N) is 1. The molecule has 1 aromatic carbocycles. The third-order valence-corrected chi connectivity index (χ3v) is 3.54. The van der Waals surface area contributed by atoms with Crippen LogP contribution in [0.3, 0.4) is 0 Å². The fraction of sp³-hybridized carbons (Fsp3) is 0.412. The molecule has 0 aliphatic carbocycles. The molecule has 0 fully saturated rings. The first-order chi connectivity index (χ1) is 9.70. The molecule has 0 saturated heterocycles. The minimum Gasteiger partial charge on any atom is -0.468 e. The summed E-state index contributed by atoms with van der Waals surface area (Å²) in [4.78, 5) is 0. The number of rotatable bonds is 7. The molecule has 20 heavy (non-hydrogen) atoms. The topological polar surface area (TPSA) is 25.2 Å². The van der Waals surface area contributed by atoms with Crippen LogP contribution in [0.5, 0.6) is 0 Å². The van der Waals surface area contributed by atoms with Gasteiger partial charge in [-0.15, -0.1) is 0 Å². The largest absolute Gasteiger partial charge is 0.468 e. The summed E-state index contributed by atoms with van der Waals surface area (Å²) < 4.78 is 18.5. The Kier molecular flexibility index (Phi) is 5.36. The average Bonchev–Trinajstić information content (AvgIpc) is 2.98. The lowest BCUT2D eigenvalue weighted by Crippen LogP contribution is -2.24. The van der Waals surface area contributed by atoms with Crippen molar-refractivity contribution in [1.29, 1.82) is 0 Å².